The number of nitrogens with one attached hydrogen (secondary N) is 1. The number of nitrogens with two attached hydrogens (primary N) is 1. The largest absolute Gasteiger partial charge is 0.323 e. The van der Waals surface area contributed by atoms with Crippen LogP contribution in [0.3, 0.4) is 0 Å². The zero-order chi connectivity index (χ0) is 18.0. The summed E-state index contributed by atoms with van der Waals surface area (Å²) in [6.45, 7) is 4.27. The number of anilines is 1. The van der Waals surface area contributed by atoms with Gasteiger partial charge in [0.15, 0.2) is 0 Å². The first-order valence-electron chi connectivity index (χ1n) is 8.97. The molecule has 2 heterocycles. The predicted molar refractivity (Wildman–Crippen MR) is 98.9 cm³/mol. The van der Waals surface area contributed by atoms with Crippen LogP contribution in [0.5, 0.6) is 0 Å². The lowest BCUT2D eigenvalue weighted by atomic mass is 9.79. The van der Waals surface area contributed by atoms with Crippen LogP contribution in [0.4, 0.5) is 5.69 Å². The van der Waals surface area contributed by atoms with Gasteiger partial charge in [-0.25, -0.2) is 0 Å². The van der Waals surface area contributed by atoms with Crippen LogP contribution in [0.25, 0.3) is 11.4 Å². The summed E-state index contributed by atoms with van der Waals surface area (Å²) in [6.07, 6.45) is 7.88. The Bertz CT molecular complexity index is 709. The summed E-state index contributed by atoms with van der Waals surface area (Å²) in [5.41, 5.74) is 9.74. The Balaban J connectivity index is 1.64. The second kappa shape index (κ2) is 7.35. The molecule has 0 saturated heterocycles. The SMILES string of the molecule is Cc1cnn(C)c1-c1ccc(NC(=O)[C@@H](N)C2CCC(C)CC2)cn1. The van der Waals surface area contributed by atoms with Crippen molar-refractivity contribution in [2.45, 2.75) is 45.6 Å². The molecule has 3 N–H and O–H groups in total. The molecule has 1 aliphatic rings. The van der Waals surface area contributed by atoms with E-state index < -0.39 is 6.04 Å². The molecule has 3 rings (SSSR count). The number of rotatable bonds is 4. The minimum Gasteiger partial charge on any atom is -0.323 e. The molecule has 0 aliphatic heterocycles. The van der Waals surface area contributed by atoms with Gasteiger partial charge in [-0.15, -0.1) is 0 Å². The Morgan fingerprint density at radius 1 is 1.28 bits per heavy atom. The van der Waals surface area contributed by atoms with E-state index in [1.165, 1.54) is 0 Å². The van der Waals surface area contributed by atoms with Gasteiger partial charge in [0.2, 0.25) is 5.91 Å². The smallest absolute Gasteiger partial charge is 0.241 e. The van der Waals surface area contributed by atoms with E-state index in [1.54, 1.807) is 10.9 Å². The maximum atomic E-state index is 12.4. The van der Waals surface area contributed by atoms with E-state index in [0.29, 0.717) is 5.69 Å². The third-order valence-electron chi connectivity index (χ3n) is 5.27. The highest BCUT2D eigenvalue weighted by Crippen LogP contribution is 2.30. The Hall–Kier alpha value is -2.21. The number of aromatic nitrogens is 3. The third-order valence-corrected chi connectivity index (χ3v) is 5.27. The predicted octanol–water partition coefficient (Wildman–Crippen LogP) is 2.88. The van der Waals surface area contributed by atoms with Crippen molar-refractivity contribution in [3.8, 4) is 11.4 Å². The first-order valence-corrected chi connectivity index (χ1v) is 8.97. The fourth-order valence-electron chi connectivity index (χ4n) is 3.61. The molecule has 1 amide bonds. The zero-order valence-electron chi connectivity index (χ0n) is 15.2. The maximum Gasteiger partial charge on any atom is 0.241 e. The molecule has 134 valence electrons. The van der Waals surface area contributed by atoms with Crippen molar-refractivity contribution in [2.75, 3.05) is 5.32 Å². The number of hydrogen-bond donors (Lipinski definition) is 2. The first kappa shape index (κ1) is 17.6. The molecule has 0 bridgehead atoms. The molecular weight excluding hydrogens is 314 g/mol. The number of pyridine rings is 1. The number of carbonyl (C=O) groups excluding carboxylic acids is 1. The number of nitrogens with zero attached hydrogens (tertiary/aromatic N) is 3. The molecule has 25 heavy (non-hydrogen) atoms. The number of hydrogen-bond acceptors (Lipinski definition) is 4. The average molecular weight is 341 g/mol. The van der Waals surface area contributed by atoms with Gasteiger partial charge in [0.25, 0.3) is 0 Å². The Morgan fingerprint density at radius 3 is 2.56 bits per heavy atom. The summed E-state index contributed by atoms with van der Waals surface area (Å²) < 4.78 is 1.80. The van der Waals surface area contributed by atoms with Gasteiger partial charge < -0.3 is 11.1 Å². The second-order valence-corrected chi connectivity index (χ2v) is 7.27. The monoisotopic (exact) mass is 341 g/mol. The molecule has 1 atom stereocenters. The molecule has 0 aromatic carbocycles. The van der Waals surface area contributed by atoms with Crippen molar-refractivity contribution in [1.82, 2.24) is 14.8 Å². The molecular formula is C19H27N5O. The number of carbonyl (C=O) groups is 1. The highest BCUT2D eigenvalue weighted by molar-refractivity contribution is 5.94. The van der Waals surface area contributed by atoms with Crippen LogP contribution in [0.2, 0.25) is 0 Å². The topological polar surface area (TPSA) is 85.8 Å². The molecule has 1 fully saturated rings. The Kier molecular flexibility index (Phi) is 5.18. The highest BCUT2D eigenvalue weighted by Gasteiger charge is 2.28. The maximum absolute atomic E-state index is 12.4. The average Bonchev–Trinajstić information content (AvgIpc) is 2.94. The van der Waals surface area contributed by atoms with E-state index in [0.717, 1.165) is 48.6 Å². The summed E-state index contributed by atoms with van der Waals surface area (Å²) in [7, 11) is 1.89. The molecule has 0 unspecified atom stereocenters. The van der Waals surface area contributed by atoms with Gasteiger partial charge in [-0.2, -0.15) is 5.10 Å². The van der Waals surface area contributed by atoms with E-state index >= 15 is 0 Å². The molecule has 0 radical (unpaired) electrons. The van der Waals surface area contributed by atoms with E-state index in [4.69, 9.17) is 5.73 Å². The van der Waals surface area contributed by atoms with Gasteiger partial charge >= 0.3 is 0 Å². The van der Waals surface area contributed by atoms with Gasteiger partial charge in [-0.3, -0.25) is 14.5 Å². The van der Waals surface area contributed by atoms with E-state index in [9.17, 15) is 4.79 Å². The van der Waals surface area contributed by atoms with Crippen LogP contribution in [-0.2, 0) is 11.8 Å². The molecule has 6 nitrogen and oxygen atoms in total. The van der Waals surface area contributed by atoms with E-state index in [-0.39, 0.29) is 11.8 Å². The molecule has 0 spiro atoms. The van der Waals surface area contributed by atoms with Gasteiger partial charge in [0.05, 0.1) is 35.5 Å². The lowest BCUT2D eigenvalue weighted by Crippen LogP contribution is -2.43. The first-order chi connectivity index (χ1) is 12.0. The van der Waals surface area contributed by atoms with Crippen LogP contribution in [0.15, 0.2) is 24.5 Å². The van der Waals surface area contributed by atoms with Crippen molar-refractivity contribution in [2.24, 2.45) is 24.6 Å². The highest BCUT2D eigenvalue weighted by atomic mass is 16.2. The lowest BCUT2D eigenvalue weighted by molar-refractivity contribution is -0.118. The Morgan fingerprint density at radius 2 is 2.00 bits per heavy atom. The lowest BCUT2D eigenvalue weighted by Gasteiger charge is -2.29. The number of amides is 1. The minimum atomic E-state index is -0.452. The van der Waals surface area contributed by atoms with Crippen LogP contribution in [0.1, 0.15) is 38.2 Å². The van der Waals surface area contributed by atoms with Crippen molar-refractivity contribution in [3.05, 3.63) is 30.1 Å². The normalized spacial score (nSPS) is 21.8. The standard InChI is InChI=1S/C19H27N5O/c1-12-4-6-14(7-5-12)17(20)19(25)23-15-8-9-16(21-11-15)18-13(2)10-22-24(18)3/h8-12,14,17H,4-7,20H2,1-3H3,(H,23,25)/t12?,14?,17-/m0/s1. The summed E-state index contributed by atoms with van der Waals surface area (Å²) in [4.78, 5) is 16.9. The van der Waals surface area contributed by atoms with Crippen molar-refractivity contribution in [1.29, 1.82) is 0 Å². The fourth-order valence-corrected chi connectivity index (χ4v) is 3.61. The van der Waals surface area contributed by atoms with E-state index in [2.05, 4.69) is 22.3 Å². The second-order valence-electron chi connectivity index (χ2n) is 7.27. The quantitative estimate of drug-likeness (QED) is 0.895. The van der Waals surface area contributed by atoms with Gasteiger partial charge in [0.1, 0.15) is 0 Å². The van der Waals surface area contributed by atoms with Gasteiger partial charge in [0, 0.05) is 7.05 Å². The molecule has 1 saturated carbocycles. The summed E-state index contributed by atoms with van der Waals surface area (Å²) in [6, 6.07) is 3.31. The fraction of sp³-hybridized carbons (Fsp3) is 0.526. The van der Waals surface area contributed by atoms with E-state index in [1.807, 2.05) is 32.3 Å². The molecule has 6 heteroatoms. The third kappa shape index (κ3) is 3.90. The summed E-state index contributed by atoms with van der Waals surface area (Å²) in [5.74, 6) is 0.907. The van der Waals surface area contributed by atoms with Crippen molar-refractivity contribution >= 4 is 11.6 Å². The minimum absolute atomic E-state index is 0.120. The molecule has 2 aromatic rings. The van der Waals surface area contributed by atoms with Gasteiger partial charge in [-0.1, -0.05) is 19.8 Å². The molecule has 2 aromatic heterocycles. The zero-order valence-corrected chi connectivity index (χ0v) is 15.2. The van der Waals surface area contributed by atoms with Crippen LogP contribution in [0, 0.1) is 18.8 Å². The van der Waals surface area contributed by atoms with Crippen LogP contribution in [-0.4, -0.2) is 26.7 Å². The summed E-state index contributed by atoms with van der Waals surface area (Å²) >= 11 is 0. The van der Waals surface area contributed by atoms with Crippen molar-refractivity contribution < 1.29 is 4.79 Å². The number of aryl methyl sites for hydroxylation is 2. The van der Waals surface area contributed by atoms with Gasteiger partial charge in [-0.05, 0) is 49.3 Å². The Labute approximate surface area is 148 Å². The molecule has 1 aliphatic carbocycles. The van der Waals surface area contributed by atoms with Crippen molar-refractivity contribution in [3.63, 3.8) is 0 Å². The van der Waals surface area contributed by atoms with Crippen LogP contribution < -0.4 is 11.1 Å². The van der Waals surface area contributed by atoms with Crippen LogP contribution >= 0.6 is 0 Å². The summed E-state index contributed by atoms with van der Waals surface area (Å²) in [5, 5.41) is 7.14.